The number of anilines is 1. The van der Waals surface area contributed by atoms with Crippen LogP contribution in [0.4, 0.5) is 5.69 Å². The summed E-state index contributed by atoms with van der Waals surface area (Å²) in [6.07, 6.45) is 2.44. The third-order valence-electron chi connectivity index (χ3n) is 3.80. The fourth-order valence-electron chi connectivity index (χ4n) is 2.45. The molecule has 100 valence electrons. The summed E-state index contributed by atoms with van der Waals surface area (Å²) in [6, 6.07) is 3.88. The smallest absolute Gasteiger partial charge is 0.145 e. The van der Waals surface area contributed by atoms with Crippen molar-refractivity contribution in [2.45, 2.75) is 19.8 Å². The van der Waals surface area contributed by atoms with Gasteiger partial charge in [0.15, 0.2) is 0 Å². The molecule has 0 bridgehead atoms. The highest BCUT2D eigenvalue weighted by atomic mass is 35.5. The minimum atomic E-state index is 0.302. The molecule has 2 rings (SSSR count). The largest absolute Gasteiger partial charge is 0.494 e. The van der Waals surface area contributed by atoms with E-state index in [-0.39, 0.29) is 0 Å². The lowest BCUT2D eigenvalue weighted by atomic mass is 10.1. The monoisotopic (exact) mass is 268 g/mol. The van der Waals surface area contributed by atoms with Crippen LogP contribution < -0.4 is 15.4 Å². The molecule has 0 unspecified atom stereocenters. The Balaban J connectivity index is 2.26. The molecule has 18 heavy (non-hydrogen) atoms. The van der Waals surface area contributed by atoms with Crippen molar-refractivity contribution in [3.05, 3.63) is 22.7 Å². The van der Waals surface area contributed by atoms with Gasteiger partial charge in [-0.15, -0.1) is 0 Å². The number of aryl methyl sites for hydroxylation is 1. The summed E-state index contributed by atoms with van der Waals surface area (Å²) < 4.78 is 5.49. The Morgan fingerprint density at radius 1 is 1.44 bits per heavy atom. The molecule has 1 aromatic carbocycles. The lowest BCUT2D eigenvalue weighted by molar-refractivity contribution is 0.410. The Morgan fingerprint density at radius 2 is 2.11 bits per heavy atom. The molecule has 1 aliphatic rings. The Bertz CT molecular complexity index is 444. The molecule has 1 saturated carbocycles. The number of benzene rings is 1. The van der Waals surface area contributed by atoms with Crippen molar-refractivity contribution in [3.8, 4) is 5.75 Å². The highest BCUT2D eigenvalue weighted by molar-refractivity contribution is 6.31. The van der Waals surface area contributed by atoms with Crippen molar-refractivity contribution in [2.75, 3.05) is 32.1 Å². The van der Waals surface area contributed by atoms with E-state index in [1.54, 1.807) is 7.11 Å². The highest BCUT2D eigenvalue weighted by Gasteiger charge is 2.42. The second kappa shape index (κ2) is 4.98. The van der Waals surface area contributed by atoms with E-state index in [1.165, 1.54) is 12.8 Å². The number of rotatable bonds is 5. The first kappa shape index (κ1) is 13.5. The van der Waals surface area contributed by atoms with Crippen LogP contribution in [0.15, 0.2) is 12.1 Å². The molecule has 2 N–H and O–H groups in total. The summed E-state index contributed by atoms with van der Waals surface area (Å²) in [5.41, 5.74) is 8.25. The second-order valence-electron chi connectivity index (χ2n) is 5.34. The highest BCUT2D eigenvalue weighted by Crippen LogP contribution is 2.46. The van der Waals surface area contributed by atoms with Crippen LogP contribution >= 0.6 is 11.6 Å². The van der Waals surface area contributed by atoms with Gasteiger partial charge in [0, 0.05) is 24.0 Å². The van der Waals surface area contributed by atoms with Crippen LogP contribution in [0.5, 0.6) is 5.75 Å². The quantitative estimate of drug-likeness (QED) is 0.892. The average Bonchev–Trinajstić information content (AvgIpc) is 3.08. The van der Waals surface area contributed by atoms with Gasteiger partial charge in [-0.2, -0.15) is 0 Å². The van der Waals surface area contributed by atoms with E-state index >= 15 is 0 Å². The molecule has 0 amide bonds. The van der Waals surface area contributed by atoms with Crippen LogP contribution in [-0.2, 0) is 0 Å². The average molecular weight is 269 g/mol. The standard InChI is InChI=1S/C14H21ClN2O/c1-10-6-11(15)7-12(13(10)18-3)17(2)9-14(8-16)4-5-14/h6-7H,4-5,8-9,16H2,1-3H3. The maximum absolute atomic E-state index is 6.14. The molecule has 0 saturated heterocycles. The molecule has 0 heterocycles. The van der Waals surface area contributed by atoms with E-state index in [1.807, 2.05) is 19.1 Å². The van der Waals surface area contributed by atoms with Gasteiger partial charge >= 0.3 is 0 Å². The molecule has 0 aliphatic heterocycles. The van der Waals surface area contributed by atoms with Crippen molar-refractivity contribution >= 4 is 17.3 Å². The molecule has 3 nitrogen and oxygen atoms in total. The van der Waals surface area contributed by atoms with Gasteiger partial charge in [-0.1, -0.05) is 11.6 Å². The maximum atomic E-state index is 6.14. The zero-order valence-electron chi connectivity index (χ0n) is 11.3. The summed E-state index contributed by atoms with van der Waals surface area (Å²) in [7, 11) is 3.77. The van der Waals surface area contributed by atoms with Crippen molar-refractivity contribution in [1.29, 1.82) is 0 Å². The predicted molar refractivity (Wildman–Crippen MR) is 76.7 cm³/mol. The Labute approximate surface area is 114 Å². The first-order chi connectivity index (χ1) is 8.51. The number of ether oxygens (including phenoxy) is 1. The second-order valence-corrected chi connectivity index (χ2v) is 5.77. The van der Waals surface area contributed by atoms with E-state index in [0.29, 0.717) is 5.41 Å². The summed E-state index contributed by atoms with van der Waals surface area (Å²) in [6.45, 7) is 3.72. The third-order valence-corrected chi connectivity index (χ3v) is 4.02. The zero-order valence-corrected chi connectivity index (χ0v) is 12.0. The predicted octanol–water partition coefficient (Wildman–Crippen LogP) is 2.83. The normalized spacial score (nSPS) is 16.5. The fraction of sp³-hybridized carbons (Fsp3) is 0.571. The van der Waals surface area contributed by atoms with E-state index < -0.39 is 0 Å². The Morgan fingerprint density at radius 3 is 2.61 bits per heavy atom. The SMILES string of the molecule is COc1c(C)cc(Cl)cc1N(C)CC1(CN)CC1. The van der Waals surface area contributed by atoms with E-state index in [9.17, 15) is 0 Å². The van der Waals surface area contributed by atoms with Crippen LogP contribution in [0.1, 0.15) is 18.4 Å². The molecule has 0 aromatic heterocycles. The molecular weight excluding hydrogens is 248 g/mol. The zero-order chi connectivity index (χ0) is 13.3. The van der Waals surface area contributed by atoms with E-state index in [4.69, 9.17) is 22.1 Å². The van der Waals surface area contributed by atoms with Crippen molar-refractivity contribution in [3.63, 3.8) is 0 Å². The van der Waals surface area contributed by atoms with Crippen molar-refractivity contribution in [1.82, 2.24) is 0 Å². The van der Waals surface area contributed by atoms with Gasteiger partial charge < -0.3 is 15.4 Å². The maximum Gasteiger partial charge on any atom is 0.145 e. The minimum absolute atomic E-state index is 0.302. The molecule has 4 heteroatoms. The van der Waals surface area contributed by atoms with Crippen LogP contribution in [0.25, 0.3) is 0 Å². The number of nitrogens with zero attached hydrogens (tertiary/aromatic N) is 1. The van der Waals surface area contributed by atoms with Gasteiger partial charge in [-0.25, -0.2) is 0 Å². The summed E-state index contributed by atoms with van der Waals surface area (Å²) in [5, 5.41) is 0.743. The molecule has 0 atom stereocenters. The number of nitrogens with two attached hydrogens (primary N) is 1. The van der Waals surface area contributed by atoms with Crippen LogP contribution in [0.3, 0.4) is 0 Å². The van der Waals surface area contributed by atoms with Crippen LogP contribution in [-0.4, -0.2) is 27.2 Å². The van der Waals surface area contributed by atoms with E-state index in [0.717, 1.165) is 35.1 Å². The first-order valence-electron chi connectivity index (χ1n) is 6.27. The van der Waals surface area contributed by atoms with Crippen LogP contribution in [0.2, 0.25) is 5.02 Å². The molecule has 1 aliphatic carbocycles. The lowest BCUT2D eigenvalue weighted by Crippen LogP contribution is -2.31. The minimum Gasteiger partial charge on any atom is -0.494 e. The van der Waals surface area contributed by atoms with Crippen LogP contribution in [0, 0.1) is 12.3 Å². The summed E-state index contributed by atoms with van der Waals surface area (Å²) >= 11 is 6.14. The van der Waals surface area contributed by atoms with Gasteiger partial charge in [0.25, 0.3) is 0 Å². The number of hydrogen-bond acceptors (Lipinski definition) is 3. The van der Waals surface area contributed by atoms with Gasteiger partial charge in [0.2, 0.25) is 0 Å². The number of methoxy groups -OCH3 is 1. The first-order valence-corrected chi connectivity index (χ1v) is 6.64. The van der Waals surface area contributed by atoms with Gasteiger partial charge in [-0.3, -0.25) is 0 Å². The molecule has 1 fully saturated rings. The van der Waals surface area contributed by atoms with Gasteiger partial charge in [0.1, 0.15) is 5.75 Å². The Kier molecular flexibility index (Phi) is 3.74. The van der Waals surface area contributed by atoms with Crippen molar-refractivity contribution < 1.29 is 4.74 Å². The molecular formula is C14H21ClN2O. The van der Waals surface area contributed by atoms with E-state index in [2.05, 4.69) is 11.9 Å². The number of hydrogen-bond donors (Lipinski definition) is 1. The Hall–Kier alpha value is -0.930. The summed E-state index contributed by atoms with van der Waals surface area (Å²) in [5.74, 6) is 0.898. The molecule has 0 spiro atoms. The molecule has 1 aromatic rings. The fourth-order valence-corrected chi connectivity index (χ4v) is 2.72. The van der Waals surface area contributed by atoms with Crippen molar-refractivity contribution in [2.24, 2.45) is 11.1 Å². The lowest BCUT2D eigenvalue weighted by Gasteiger charge is -2.27. The molecule has 0 radical (unpaired) electrons. The van der Waals surface area contributed by atoms with Gasteiger partial charge in [0.05, 0.1) is 12.8 Å². The third kappa shape index (κ3) is 2.57. The topological polar surface area (TPSA) is 38.5 Å². The van der Waals surface area contributed by atoms with Gasteiger partial charge in [-0.05, 0) is 44.0 Å². The number of halogens is 1. The summed E-state index contributed by atoms with van der Waals surface area (Å²) in [4.78, 5) is 2.21.